The fourth-order valence-electron chi connectivity index (χ4n) is 0.672. The predicted molar refractivity (Wildman–Crippen MR) is 40.4 cm³/mol. The van der Waals surface area contributed by atoms with Crippen LogP contribution in [-0.2, 0) is 4.74 Å². The summed E-state index contributed by atoms with van der Waals surface area (Å²) in [6.45, 7) is -0.770. The fourth-order valence-corrected chi connectivity index (χ4v) is 0.672. The molecule has 2 nitrogen and oxygen atoms in total. The monoisotopic (exact) mass is 221 g/mol. The number of alkyl halides is 5. The Morgan fingerprint density at radius 1 is 1.14 bits per heavy atom. The molecular formula is C7H12F5NO. The lowest BCUT2D eigenvalue weighted by Gasteiger charge is -2.07. The van der Waals surface area contributed by atoms with E-state index in [1.54, 1.807) is 0 Å². The highest BCUT2D eigenvalue weighted by atomic mass is 19.4. The van der Waals surface area contributed by atoms with E-state index in [0.717, 1.165) is 0 Å². The molecule has 0 aromatic rings. The maximum absolute atomic E-state index is 11.6. The van der Waals surface area contributed by atoms with E-state index in [0.29, 0.717) is 0 Å². The zero-order valence-electron chi connectivity index (χ0n) is 7.41. The Labute approximate surface area is 78.4 Å². The van der Waals surface area contributed by atoms with Crippen molar-refractivity contribution in [2.24, 2.45) is 0 Å². The summed E-state index contributed by atoms with van der Waals surface area (Å²) < 4.78 is 62.1. The SMILES string of the molecule is FC(F)COCCNCCC(F)(F)F. The maximum Gasteiger partial charge on any atom is 0.390 e. The van der Waals surface area contributed by atoms with Crippen LogP contribution in [0.5, 0.6) is 0 Å². The van der Waals surface area contributed by atoms with Crippen LogP contribution in [-0.4, -0.2) is 38.9 Å². The second-order valence-corrected chi connectivity index (χ2v) is 2.58. The molecule has 0 spiro atoms. The Morgan fingerprint density at radius 3 is 2.29 bits per heavy atom. The van der Waals surface area contributed by atoms with Gasteiger partial charge >= 0.3 is 6.18 Å². The lowest BCUT2D eigenvalue weighted by molar-refractivity contribution is -0.133. The number of nitrogens with one attached hydrogen (secondary N) is 1. The van der Waals surface area contributed by atoms with Crippen LogP contribution >= 0.6 is 0 Å². The molecule has 0 saturated carbocycles. The van der Waals surface area contributed by atoms with E-state index in [9.17, 15) is 22.0 Å². The van der Waals surface area contributed by atoms with Gasteiger partial charge in [-0.15, -0.1) is 0 Å². The van der Waals surface area contributed by atoms with Crippen molar-refractivity contribution in [1.82, 2.24) is 5.32 Å². The molecule has 0 amide bonds. The van der Waals surface area contributed by atoms with Gasteiger partial charge in [0, 0.05) is 13.1 Å². The van der Waals surface area contributed by atoms with Gasteiger partial charge in [-0.3, -0.25) is 0 Å². The highest BCUT2D eigenvalue weighted by Crippen LogP contribution is 2.17. The molecule has 0 atom stereocenters. The zero-order valence-corrected chi connectivity index (χ0v) is 7.41. The summed E-state index contributed by atoms with van der Waals surface area (Å²) in [5.41, 5.74) is 0. The van der Waals surface area contributed by atoms with Gasteiger partial charge in [-0.1, -0.05) is 0 Å². The second kappa shape index (κ2) is 6.94. The molecule has 14 heavy (non-hydrogen) atoms. The van der Waals surface area contributed by atoms with Gasteiger partial charge in [0.05, 0.1) is 13.0 Å². The number of hydrogen-bond acceptors (Lipinski definition) is 2. The van der Waals surface area contributed by atoms with Crippen LogP contribution in [0.15, 0.2) is 0 Å². The first-order valence-corrected chi connectivity index (χ1v) is 4.05. The summed E-state index contributed by atoms with van der Waals surface area (Å²) >= 11 is 0. The number of halogens is 5. The molecule has 86 valence electrons. The van der Waals surface area contributed by atoms with Crippen LogP contribution in [0.3, 0.4) is 0 Å². The van der Waals surface area contributed by atoms with E-state index in [1.165, 1.54) is 0 Å². The van der Waals surface area contributed by atoms with Crippen molar-refractivity contribution in [3.8, 4) is 0 Å². The van der Waals surface area contributed by atoms with Gasteiger partial charge in [-0.25, -0.2) is 8.78 Å². The average molecular weight is 221 g/mol. The molecule has 0 aromatic heterocycles. The van der Waals surface area contributed by atoms with Crippen molar-refractivity contribution >= 4 is 0 Å². The third-order valence-electron chi connectivity index (χ3n) is 1.25. The van der Waals surface area contributed by atoms with E-state index >= 15 is 0 Å². The summed E-state index contributed by atoms with van der Waals surface area (Å²) in [5, 5.41) is 2.43. The minimum atomic E-state index is -4.18. The minimum Gasteiger partial charge on any atom is -0.374 e. The molecular weight excluding hydrogens is 209 g/mol. The van der Waals surface area contributed by atoms with E-state index in [-0.39, 0.29) is 19.7 Å². The Hall–Kier alpha value is -0.430. The molecule has 0 saturated heterocycles. The first-order valence-electron chi connectivity index (χ1n) is 4.05. The van der Waals surface area contributed by atoms with E-state index in [1.807, 2.05) is 0 Å². The molecule has 7 heteroatoms. The van der Waals surface area contributed by atoms with Crippen LogP contribution in [0.4, 0.5) is 22.0 Å². The number of rotatable bonds is 7. The van der Waals surface area contributed by atoms with Gasteiger partial charge in [0.2, 0.25) is 0 Å². The molecule has 0 unspecified atom stereocenters. The van der Waals surface area contributed by atoms with Crippen molar-refractivity contribution < 1.29 is 26.7 Å². The Kier molecular flexibility index (Phi) is 6.73. The standard InChI is InChI=1S/C7H12F5NO/c8-6(9)5-14-4-3-13-2-1-7(10,11)12/h6,13H,1-5H2. The van der Waals surface area contributed by atoms with Crippen molar-refractivity contribution in [2.45, 2.75) is 19.0 Å². The predicted octanol–water partition coefficient (Wildman–Crippen LogP) is 1.81. The van der Waals surface area contributed by atoms with Crippen LogP contribution in [0.1, 0.15) is 6.42 Å². The van der Waals surface area contributed by atoms with Crippen molar-refractivity contribution in [2.75, 3.05) is 26.3 Å². The summed E-state index contributed by atoms with van der Waals surface area (Å²) in [6.07, 6.45) is -7.65. The molecule has 1 N–H and O–H groups in total. The molecule has 0 aliphatic rings. The summed E-state index contributed by atoms with van der Waals surface area (Å²) in [5.74, 6) is 0. The van der Waals surface area contributed by atoms with Gasteiger partial charge in [0.15, 0.2) is 0 Å². The summed E-state index contributed by atoms with van der Waals surface area (Å²) in [4.78, 5) is 0. The van der Waals surface area contributed by atoms with Crippen LogP contribution in [0.25, 0.3) is 0 Å². The highest BCUT2D eigenvalue weighted by molar-refractivity contribution is 4.54. The van der Waals surface area contributed by atoms with Crippen LogP contribution < -0.4 is 5.32 Å². The van der Waals surface area contributed by atoms with E-state index in [4.69, 9.17) is 0 Å². The molecule has 0 aliphatic heterocycles. The summed E-state index contributed by atoms with van der Waals surface area (Å²) in [7, 11) is 0. The van der Waals surface area contributed by atoms with Crippen molar-refractivity contribution in [1.29, 1.82) is 0 Å². The largest absolute Gasteiger partial charge is 0.390 e. The first-order chi connectivity index (χ1) is 6.42. The molecule has 0 fully saturated rings. The third kappa shape index (κ3) is 11.6. The Balaban J connectivity index is 3.07. The normalized spacial score (nSPS) is 12.4. The van der Waals surface area contributed by atoms with Gasteiger partial charge in [-0.05, 0) is 0 Å². The topological polar surface area (TPSA) is 21.3 Å². The highest BCUT2D eigenvalue weighted by Gasteiger charge is 2.25. The quantitative estimate of drug-likeness (QED) is 0.523. The van der Waals surface area contributed by atoms with Gasteiger partial charge in [0.1, 0.15) is 6.61 Å². The maximum atomic E-state index is 11.6. The minimum absolute atomic E-state index is 0.0117. The number of ether oxygens (including phenoxy) is 1. The molecule has 0 radical (unpaired) electrons. The van der Waals surface area contributed by atoms with Gasteiger partial charge in [0.25, 0.3) is 6.43 Å². The van der Waals surface area contributed by atoms with Gasteiger partial charge in [-0.2, -0.15) is 13.2 Å². The van der Waals surface area contributed by atoms with Crippen LogP contribution in [0.2, 0.25) is 0 Å². The third-order valence-corrected chi connectivity index (χ3v) is 1.25. The van der Waals surface area contributed by atoms with E-state index in [2.05, 4.69) is 10.1 Å². The van der Waals surface area contributed by atoms with E-state index < -0.39 is 25.6 Å². The van der Waals surface area contributed by atoms with Crippen LogP contribution in [0, 0.1) is 0 Å². The lowest BCUT2D eigenvalue weighted by atomic mass is 10.4. The Morgan fingerprint density at radius 2 is 1.79 bits per heavy atom. The molecule has 0 aliphatic carbocycles. The van der Waals surface area contributed by atoms with Gasteiger partial charge < -0.3 is 10.1 Å². The van der Waals surface area contributed by atoms with Crippen molar-refractivity contribution in [3.05, 3.63) is 0 Å². The second-order valence-electron chi connectivity index (χ2n) is 2.58. The Bertz CT molecular complexity index is 139. The molecule has 0 heterocycles. The summed E-state index contributed by atoms with van der Waals surface area (Å²) in [6, 6.07) is 0. The average Bonchev–Trinajstić information content (AvgIpc) is 2.00. The molecule has 0 aromatic carbocycles. The van der Waals surface area contributed by atoms with Crippen molar-refractivity contribution in [3.63, 3.8) is 0 Å². The lowest BCUT2D eigenvalue weighted by Crippen LogP contribution is -2.25. The first kappa shape index (κ1) is 13.6. The zero-order chi connectivity index (χ0) is 11.0. The fraction of sp³-hybridized carbons (Fsp3) is 1.00. The number of hydrogen-bond donors (Lipinski definition) is 1. The molecule has 0 bridgehead atoms. The smallest absolute Gasteiger partial charge is 0.374 e. The molecule has 0 rings (SSSR count).